The number of hydrogen-bond acceptors (Lipinski definition) is 6. The lowest BCUT2D eigenvalue weighted by atomic mass is 9.72. The summed E-state index contributed by atoms with van der Waals surface area (Å²) in [4.78, 5) is 33.7. The quantitative estimate of drug-likeness (QED) is 0.341. The van der Waals surface area contributed by atoms with Crippen LogP contribution in [0.5, 0.6) is 5.75 Å². The second-order valence-corrected chi connectivity index (χ2v) is 9.59. The number of aryl methyl sites for hydroxylation is 1. The molecular weight excluding hydrogens is 462 g/mol. The summed E-state index contributed by atoms with van der Waals surface area (Å²) in [6, 6.07) is 15.0. The molecule has 1 saturated carbocycles. The molecule has 196 valence electrons. The second kappa shape index (κ2) is 13.8. The maximum atomic E-state index is 12.3. The summed E-state index contributed by atoms with van der Waals surface area (Å²) >= 11 is 0. The van der Waals surface area contributed by atoms with Crippen molar-refractivity contribution in [1.82, 2.24) is 4.90 Å². The second-order valence-electron chi connectivity index (χ2n) is 9.59. The average molecular weight is 500 g/mol. The van der Waals surface area contributed by atoms with Crippen LogP contribution in [0, 0.1) is 6.92 Å². The molecule has 3 rings (SSSR count). The van der Waals surface area contributed by atoms with E-state index < -0.39 is 17.5 Å². The number of rotatable bonds is 9. The van der Waals surface area contributed by atoms with E-state index in [2.05, 4.69) is 4.90 Å². The molecule has 0 aliphatic heterocycles. The number of likely N-dealkylation sites (N-methyl/N-ethyl adjacent to an activating group) is 1. The standard InChI is InChI=1S/C24H31NO3.C4H6O4/c1-18-7-9-20(10-8-18)23(26)28-21-13-11-19(12-14-21)22(17-25(2)3)24(27)15-5-4-6-16-24;5-3(6)1-2-4(7)8/h7-14,22,27H,4-6,15-17H2,1-3H3;1-2H2,(H,5,6)(H,7,8). The van der Waals surface area contributed by atoms with Gasteiger partial charge in [-0.25, -0.2) is 4.79 Å². The third-order valence-corrected chi connectivity index (χ3v) is 6.25. The van der Waals surface area contributed by atoms with Crippen LogP contribution >= 0.6 is 0 Å². The lowest BCUT2D eigenvalue weighted by molar-refractivity contribution is -0.143. The molecule has 0 bridgehead atoms. The van der Waals surface area contributed by atoms with Crippen LogP contribution in [0.3, 0.4) is 0 Å². The molecule has 0 aromatic heterocycles. The fourth-order valence-corrected chi connectivity index (χ4v) is 4.30. The first-order valence-corrected chi connectivity index (χ1v) is 12.2. The molecule has 2 aromatic rings. The number of carbonyl (C=O) groups excluding carboxylic acids is 1. The number of aliphatic carboxylic acids is 2. The van der Waals surface area contributed by atoms with Gasteiger partial charge in [-0.2, -0.15) is 0 Å². The SMILES string of the molecule is Cc1ccc(C(=O)Oc2ccc(C(CN(C)C)C3(O)CCCCC3)cc2)cc1.O=C(O)CCC(=O)O. The van der Waals surface area contributed by atoms with Crippen LogP contribution in [0.4, 0.5) is 0 Å². The fraction of sp³-hybridized carbons (Fsp3) is 0.464. The Bertz CT molecular complexity index is 980. The molecule has 0 saturated heterocycles. The van der Waals surface area contributed by atoms with Gasteiger partial charge in [-0.05, 0) is 63.7 Å². The Hall–Kier alpha value is -3.23. The molecule has 36 heavy (non-hydrogen) atoms. The summed E-state index contributed by atoms with van der Waals surface area (Å²) in [5, 5.41) is 27.1. The van der Waals surface area contributed by atoms with E-state index in [-0.39, 0.29) is 24.7 Å². The third kappa shape index (κ3) is 9.43. The molecule has 8 heteroatoms. The molecule has 0 spiro atoms. The molecule has 3 N–H and O–H groups in total. The van der Waals surface area contributed by atoms with Crippen molar-refractivity contribution in [2.24, 2.45) is 0 Å². The van der Waals surface area contributed by atoms with Gasteiger partial charge in [0.15, 0.2) is 0 Å². The van der Waals surface area contributed by atoms with Gasteiger partial charge in [0.25, 0.3) is 0 Å². The summed E-state index contributed by atoms with van der Waals surface area (Å²) in [6.07, 6.45) is 4.44. The summed E-state index contributed by atoms with van der Waals surface area (Å²) in [6.45, 7) is 2.78. The van der Waals surface area contributed by atoms with E-state index in [4.69, 9.17) is 14.9 Å². The molecule has 0 radical (unpaired) electrons. The number of benzene rings is 2. The van der Waals surface area contributed by atoms with E-state index in [1.54, 1.807) is 12.1 Å². The summed E-state index contributed by atoms with van der Waals surface area (Å²) < 4.78 is 5.51. The first-order valence-electron chi connectivity index (χ1n) is 12.2. The molecular formula is C28H37NO7. The van der Waals surface area contributed by atoms with Crippen LogP contribution in [-0.2, 0) is 9.59 Å². The highest BCUT2D eigenvalue weighted by atomic mass is 16.5. The number of ether oxygens (including phenoxy) is 1. The fourth-order valence-electron chi connectivity index (χ4n) is 4.30. The Morgan fingerprint density at radius 3 is 1.89 bits per heavy atom. The Morgan fingerprint density at radius 1 is 0.889 bits per heavy atom. The zero-order valence-corrected chi connectivity index (χ0v) is 21.3. The summed E-state index contributed by atoms with van der Waals surface area (Å²) in [7, 11) is 4.08. The molecule has 1 atom stereocenters. The molecule has 1 aliphatic rings. The molecule has 0 heterocycles. The monoisotopic (exact) mass is 499 g/mol. The van der Waals surface area contributed by atoms with E-state index in [0.717, 1.165) is 43.4 Å². The van der Waals surface area contributed by atoms with Crippen molar-refractivity contribution in [3.05, 3.63) is 65.2 Å². The van der Waals surface area contributed by atoms with Crippen LogP contribution in [0.1, 0.15) is 72.3 Å². The smallest absolute Gasteiger partial charge is 0.343 e. The van der Waals surface area contributed by atoms with E-state index in [1.807, 2.05) is 57.4 Å². The number of hydrogen-bond donors (Lipinski definition) is 3. The van der Waals surface area contributed by atoms with Gasteiger partial charge in [0, 0.05) is 12.5 Å². The van der Waals surface area contributed by atoms with E-state index >= 15 is 0 Å². The van der Waals surface area contributed by atoms with Crippen LogP contribution in [0.15, 0.2) is 48.5 Å². The highest BCUT2D eigenvalue weighted by Gasteiger charge is 2.38. The van der Waals surface area contributed by atoms with Crippen molar-refractivity contribution < 1.29 is 34.4 Å². The molecule has 1 aliphatic carbocycles. The molecule has 0 amide bonds. The van der Waals surface area contributed by atoms with Gasteiger partial charge in [0.1, 0.15) is 5.75 Å². The molecule has 1 fully saturated rings. The van der Waals surface area contributed by atoms with Gasteiger partial charge in [-0.1, -0.05) is 49.1 Å². The average Bonchev–Trinajstić information content (AvgIpc) is 2.83. The lowest BCUT2D eigenvalue weighted by Gasteiger charge is -2.40. The van der Waals surface area contributed by atoms with Crippen molar-refractivity contribution in [3.63, 3.8) is 0 Å². The minimum Gasteiger partial charge on any atom is -0.481 e. The topological polar surface area (TPSA) is 124 Å². The lowest BCUT2D eigenvalue weighted by Crippen LogP contribution is -2.42. The van der Waals surface area contributed by atoms with Crippen LogP contribution in [0.25, 0.3) is 0 Å². The van der Waals surface area contributed by atoms with Crippen LogP contribution < -0.4 is 4.74 Å². The van der Waals surface area contributed by atoms with E-state index in [1.165, 1.54) is 6.42 Å². The number of carboxylic acids is 2. The Morgan fingerprint density at radius 2 is 1.42 bits per heavy atom. The molecule has 2 aromatic carbocycles. The van der Waals surface area contributed by atoms with Gasteiger partial charge >= 0.3 is 17.9 Å². The Balaban J connectivity index is 0.000000493. The number of carbonyl (C=O) groups is 3. The van der Waals surface area contributed by atoms with Gasteiger partial charge in [-0.15, -0.1) is 0 Å². The first-order chi connectivity index (χ1) is 17.0. The van der Waals surface area contributed by atoms with Crippen LogP contribution in [0.2, 0.25) is 0 Å². The number of carboxylic acid groups (broad SMARTS) is 2. The van der Waals surface area contributed by atoms with Crippen molar-refractivity contribution in [2.45, 2.75) is 63.4 Å². The Kier molecular flexibility index (Phi) is 11.1. The maximum absolute atomic E-state index is 12.3. The van der Waals surface area contributed by atoms with Crippen molar-refractivity contribution in [2.75, 3.05) is 20.6 Å². The largest absolute Gasteiger partial charge is 0.481 e. The number of esters is 1. The first kappa shape index (κ1) is 29.0. The zero-order valence-electron chi connectivity index (χ0n) is 21.3. The van der Waals surface area contributed by atoms with Crippen LogP contribution in [-0.4, -0.2) is 64.4 Å². The van der Waals surface area contributed by atoms with E-state index in [0.29, 0.717) is 11.3 Å². The maximum Gasteiger partial charge on any atom is 0.343 e. The summed E-state index contributed by atoms with van der Waals surface area (Å²) in [5.74, 6) is -1.94. The third-order valence-electron chi connectivity index (χ3n) is 6.25. The highest BCUT2D eigenvalue weighted by Crippen LogP contribution is 2.40. The minimum absolute atomic E-state index is 0.0460. The molecule has 1 unspecified atom stereocenters. The minimum atomic E-state index is -1.08. The number of nitrogens with zero attached hydrogens (tertiary/aromatic N) is 1. The van der Waals surface area contributed by atoms with Gasteiger partial charge in [0.2, 0.25) is 0 Å². The Labute approximate surface area is 212 Å². The number of aliphatic hydroxyl groups is 1. The predicted molar refractivity (Wildman–Crippen MR) is 136 cm³/mol. The van der Waals surface area contributed by atoms with Crippen molar-refractivity contribution in [1.29, 1.82) is 0 Å². The van der Waals surface area contributed by atoms with Crippen molar-refractivity contribution in [3.8, 4) is 5.75 Å². The normalized spacial score (nSPS) is 15.4. The van der Waals surface area contributed by atoms with Gasteiger partial charge in [-0.3, -0.25) is 9.59 Å². The van der Waals surface area contributed by atoms with Gasteiger partial charge in [0.05, 0.1) is 24.0 Å². The van der Waals surface area contributed by atoms with Gasteiger partial charge < -0.3 is 25.0 Å². The van der Waals surface area contributed by atoms with Crippen molar-refractivity contribution >= 4 is 17.9 Å². The summed E-state index contributed by atoms with van der Waals surface area (Å²) in [5.41, 5.74) is 2.07. The molecule has 8 nitrogen and oxygen atoms in total. The zero-order chi connectivity index (χ0) is 26.7. The van der Waals surface area contributed by atoms with E-state index in [9.17, 15) is 19.5 Å². The predicted octanol–water partition coefficient (Wildman–Crippen LogP) is 4.49. The highest BCUT2D eigenvalue weighted by molar-refractivity contribution is 5.91.